The number of carbonyl (C=O) groups is 1. The predicted molar refractivity (Wildman–Crippen MR) is 99.9 cm³/mol. The van der Waals surface area contributed by atoms with Crippen LogP contribution >= 0.6 is 0 Å². The quantitative estimate of drug-likeness (QED) is 0.654. The van der Waals surface area contributed by atoms with Gasteiger partial charge in [0, 0.05) is 31.1 Å². The number of aromatic amines is 1. The average molecular weight is 354 g/mol. The van der Waals surface area contributed by atoms with Gasteiger partial charge in [0.15, 0.2) is 5.69 Å². The smallest absolute Gasteiger partial charge is 0.272 e. The Labute approximate surface area is 152 Å². The van der Waals surface area contributed by atoms with Gasteiger partial charge in [-0.1, -0.05) is 6.07 Å². The van der Waals surface area contributed by atoms with Gasteiger partial charge in [0.05, 0.1) is 11.2 Å². The highest BCUT2D eigenvalue weighted by molar-refractivity contribution is 6.04. The summed E-state index contributed by atoms with van der Waals surface area (Å²) in [5, 5.41) is 18.5. The number of carbonyl (C=O) groups excluding carboxylic acids is 1. The summed E-state index contributed by atoms with van der Waals surface area (Å²) in [6, 6.07) is 6.42. The summed E-state index contributed by atoms with van der Waals surface area (Å²) in [5.41, 5.74) is 2.33. The topological polar surface area (TPSA) is 85.1 Å². The van der Waals surface area contributed by atoms with Crippen LogP contribution in [0.5, 0.6) is 0 Å². The summed E-state index contributed by atoms with van der Waals surface area (Å²) in [6.07, 6.45) is 2.38. The minimum atomic E-state index is -0.225. The molecule has 4 saturated heterocycles. The second kappa shape index (κ2) is 6.04. The number of rotatable bonds is 3. The molecule has 4 aliphatic heterocycles. The van der Waals surface area contributed by atoms with Gasteiger partial charge in [-0.05, 0) is 56.5 Å². The fourth-order valence-corrected chi connectivity index (χ4v) is 4.76. The second-order valence-electron chi connectivity index (χ2n) is 8.03. The average Bonchev–Trinajstić information content (AvgIpc) is 3.29. The molecule has 0 saturated carbocycles. The van der Waals surface area contributed by atoms with E-state index < -0.39 is 0 Å². The van der Waals surface area contributed by atoms with Crippen LogP contribution in [0.1, 0.15) is 35.8 Å². The van der Waals surface area contributed by atoms with Crippen LogP contribution in [0.15, 0.2) is 18.2 Å². The molecular weight excluding hydrogens is 328 g/mol. The fourth-order valence-electron chi connectivity index (χ4n) is 4.76. The summed E-state index contributed by atoms with van der Waals surface area (Å²) in [6.45, 7) is 7.35. The Kier molecular flexibility index (Phi) is 3.77. The highest BCUT2D eigenvalue weighted by atomic mass is 16.2. The molecule has 6 rings (SSSR count). The van der Waals surface area contributed by atoms with Crippen LogP contribution in [-0.4, -0.2) is 59.8 Å². The molecule has 0 spiro atoms. The lowest BCUT2D eigenvalue weighted by atomic mass is 9.84. The lowest BCUT2D eigenvalue weighted by Gasteiger charge is -2.44. The van der Waals surface area contributed by atoms with Crippen LogP contribution in [0.2, 0.25) is 0 Å². The molecular formula is C19H26N6O. The molecule has 1 amide bonds. The summed E-state index contributed by atoms with van der Waals surface area (Å²) in [5.74, 6) is 0.548. The van der Waals surface area contributed by atoms with Gasteiger partial charge in [-0.3, -0.25) is 20.5 Å². The number of fused-ring (bicyclic) bond motifs is 4. The molecule has 0 radical (unpaired) electrons. The maximum absolute atomic E-state index is 12.8. The van der Waals surface area contributed by atoms with E-state index in [9.17, 15) is 4.79 Å². The molecule has 1 atom stereocenters. The fraction of sp³-hybridized carbons (Fsp3) is 0.579. The molecule has 138 valence electrons. The van der Waals surface area contributed by atoms with Crippen LogP contribution in [-0.2, 0) is 5.66 Å². The van der Waals surface area contributed by atoms with Crippen LogP contribution in [0.3, 0.4) is 0 Å². The van der Waals surface area contributed by atoms with Crippen molar-refractivity contribution in [2.24, 2.45) is 5.92 Å². The first-order chi connectivity index (χ1) is 12.6. The van der Waals surface area contributed by atoms with E-state index in [-0.39, 0.29) is 17.6 Å². The van der Waals surface area contributed by atoms with Gasteiger partial charge in [0.1, 0.15) is 0 Å². The zero-order valence-corrected chi connectivity index (χ0v) is 15.1. The molecule has 1 aromatic heterocycles. The van der Waals surface area contributed by atoms with Gasteiger partial charge < -0.3 is 10.2 Å². The highest BCUT2D eigenvalue weighted by Gasteiger charge is 2.35. The molecule has 2 bridgehead atoms. The van der Waals surface area contributed by atoms with Crippen molar-refractivity contribution in [3.8, 4) is 0 Å². The monoisotopic (exact) mass is 354 g/mol. The Balaban J connectivity index is 1.38. The Morgan fingerprint density at radius 3 is 2.73 bits per heavy atom. The van der Waals surface area contributed by atoms with E-state index in [2.05, 4.69) is 50.1 Å². The van der Waals surface area contributed by atoms with E-state index in [1.54, 1.807) is 0 Å². The highest BCUT2D eigenvalue weighted by Crippen LogP contribution is 2.28. The van der Waals surface area contributed by atoms with E-state index in [1.807, 2.05) is 6.07 Å². The normalized spacial score (nSPS) is 30.0. The molecule has 26 heavy (non-hydrogen) atoms. The van der Waals surface area contributed by atoms with Crippen LogP contribution in [0.25, 0.3) is 10.9 Å². The molecule has 0 aliphatic carbocycles. The number of nitrogens with one attached hydrogen (secondary N) is 4. The number of hydrogen-bond donors (Lipinski definition) is 4. The van der Waals surface area contributed by atoms with Crippen molar-refractivity contribution in [1.82, 2.24) is 31.0 Å². The van der Waals surface area contributed by atoms with Gasteiger partial charge in [-0.25, -0.2) is 0 Å². The molecule has 0 unspecified atom stereocenters. The standard InChI is InChI=1S/C19H26N6O/c1-19(20-6-7-21-19)13-2-3-14-15(10-13)23-24-17(14)18(26)22-16-11-25-8-4-12(16)5-9-25/h2-3,10,12,16,20-21H,4-9,11H2,1H3,(H,22,26)(H,23,24)/t16-/m0/s1. The number of H-pyrrole nitrogens is 1. The van der Waals surface area contributed by atoms with Crippen molar-refractivity contribution in [3.63, 3.8) is 0 Å². The third-order valence-corrected chi connectivity index (χ3v) is 6.41. The summed E-state index contributed by atoms with van der Waals surface area (Å²) < 4.78 is 0. The largest absolute Gasteiger partial charge is 0.346 e. The van der Waals surface area contributed by atoms with E-state index in [4.69, 9.17) is 0 Å². The first kappa shape index (κ1) is 16.2. The molecule has 4 fully saturated rings. The van der Waals surface area contributed by atoms with E-state index in [1.165, 1.54) is 25.9 Å². The van der Waals surface area contributed by atoms with Gasteiger partial charge in [0.2, 0.25) is 0 Å². The van der Waals surface area contributed by atoms with Crippen molar-refractivity contribution in [2.45, 2.75) is 31.5 Å². The number of hydrogen-bond acceptors (Lipinski definition) is 5. The maximum atomic E-state index is 12.8. The predicted octanol–water partition coefficient (Wildman–Crippen LogP) is 0.752. The van der Waals surface area contributed by atoms with Gasteiger partial charge >= 0.3 is 0 Å². The molecule has 1 aromatic carbocycles. The Morgan fingerprint density at radius 1 is 1.27 bits per heavy atom. The SMILES string of the molecule is CC1(c2ccc3c(C(=O)N[C@H]4CN5CCC4CC5)n[nH]c3c2)NCCN1. The first-order valence-electron chi connectivity index (χ1n) is 9.64. The van der Waals surface area contributed by atoms with E-state index in [0.717, 1.165) is 36.1 Å². The van der Waals surface area contributed by atoms with Gasteiger partial charge in [-0.15, -0.1) is 0 Å². The number of benzene rings is 1. The first-order valence-corrected chi connectivity index (χ1v) is 9.64. The number of nitrogens with zero attached hydrogens (tertiary/aromatic N) is 2. The lowest BCUT2D eigenvalue weighted by molar-refractivity contribution is 0.0618. The number of amides is 1. The minimum absolute atomic E-state index is 0.0638. The van der Waals surface area contributed by atoms with Crippen molar-refractivity contribution in [1.29, 1.82) is 0 Å². The number of piperidine rings is 3. The third-order valence-electron chi connectivity index (χ3n) is 6.41. The van der Waals surface area contributed by atoms with Crippen molar-refractivity contribution < 1.29 is 4.79 Å². The molecule has 2 aromatic rings. The van der Waals surface area contributed by atoms with Crippen molar-refractivity contribution in [3.05, 3.63) is 29.5 Å². The zero-order valence-electron chi connectivity index (χ0n) is 15.1. The van der Waals surface area contributed by atoms with Crippen LogP contribution in [0, 0.1) is 5.92 Å². The lowest BCUT2D eigenvalue weighted by Crippen LogP contribution is -2.57. The summed E-state index contributed by atoms with van der Waals surface area (Å²) in [7, 11) is 0. The van der Waals surface area contributed by atoms with Gasteiger partial charge in [0.25, 0.3) is 5.91 Å². The Bertz CT molecular complexity index is 832. The van der Waals surface area contributed by atoms with Crippen molar-refractivity contribution in [2.75, 3.05) is 32.7 Å². The molecule has 4 N–H and O–H groups in total. The van der Waals surface area contributed by atoms with Crippen molar-refractivity contribution >= 4 is 16.8 Å². The molecule has 7 heteroatoms. The Morgan fingerprint density at radius 2 is 2.04 bits per heavy atom. The molecule has 5 heterocycles. The van der Waals surface area contributed by atoms with E-state index >= 15 is 0 Å². The van der Waals surface area contributed by atoms with E-state index in [0.29, 0.717) is 11.6 Å². The maximum Gasteiger partial charge on any atom is 0.272 e. The molecule has 7 nitrogen and oxygen atoms in total. The second-order valence-corrected chi connectivity index (χ2v) is 8.03. The molecule has 4 aliphatic rings. The third kappa shape index (κ3) is 2.62. The Hall–Kier alpha value is -1.96. The van der Waals surface area contributed by atoms with Crippen LogP contribution < -0.4 is 16.0 Å². The minimum Gasteiger partial charge on any atom is -0.346 e. The summed E-state index contributed by atoms with van der Waals surface area (Å²) >= 11 is 0. The summed E-state index contributed by atoms with van der Waals surface area (Å²) in [4.78, 5) is 15.3. The van der Waals surface area contributed by atoms with Gasteiger partial charge in [-0.2, -0.15) is 5.10 Å². The van der Waals surface area contributed by atoms with Crippen LogP contribution in [0.4, 0.5) is 0 Å². The zero-order chi connectivity index (χ0) is 17.7. The number of aromatic nitrogens is 2.